The molecular weight excluding hydrogens is 460 g/mol. The molecule has 1 aromatic heterocycles. The van der Waals surface area contributed by atoms with E-state index >= 15 is 0 Å². The number of hydrogen-bond donors (Lipinski definition) is 3. The number of halogens is 2. The molecule has 35 heavy (non-hydrogen) atoms. The number of rotatable bonds is 8. The van der Waals surface area contributed by atoms with Crippen molar-refractivity contribution in [3.05, 3.63) is 71.3 Å². The molecule has 0 saturated heterocycles. The summed E-state index contributed by atoms with van der Waals surface area (Å²) in [6.45, 7) is 5.05. The second-order valence-electron chi connectivity index (χ2n) is 8.88. The molecule has 3 aromatic rings. The fraction of sp³-hybridized carbons (Fsp3) is 0.240. The number of carbonyl (C=O) groups is 2. The molecule has 0 aliphatic rings. The van der Waals surface area contributed by atoms with Gasteiger partial charge in [-0.05, 0) is 41.0 Å². The van der Waals surface area contributed by atoms with Crippen molar-refractivity contribution in [2.45, 2.75) is 33.4 Å². The third kappa shape index (κ3) is 6.10. The molecule has 8 nitrogen and oxygen atoms in total. The second-order valence-corrected chi connectivity index (χ2v) is 8.88. The van der Waals surface area contributed by atoms with Crippen molar-refractivity contribution < 1.29 is 33.0 Å². The van der Waals surface area contributed by atoms with Gasteiger partial charge in [0.05, 0.1) is 0 Å². The number of pyridine rings is 1. The Labute approximate surface area is 200 Å². The van der Waals surface area contributed by atoms with Gasteiger partial charge in [0.2, 0.25) is 12.0 Å². The second kappa shape index (κ2) is 10.1. The summed E-state index contributed by atoms with van der Waals surface area (Å²) in [6.07, 6.45) is -1.47. The van der Waals surface area contributed by atoms with Gasteiger partial charge in [0.25, 0.3) is 11.8 Å². The summed E-state index contributed by atoms with van der Waals surface area (Å²) >= 11 is 0. The highest BCUT2D eigenvalue weighted by Crippen LogP contribution is 2.33. The molecule has 10 heteroatoms. The van der Waals surface area contributed by atoms with Gasteiger partial charge in [-0.15, -0.1) is 0 Å². The van der Waals surface area contributed by atoms with E-state index in [0.29, 0.717) is 23.7 Å². The average Bonchev–Trinajstić information content (AvgIpc) is 2.78. The normalized spacial score (nSPS) is 12.2. The fourth-order valence-electron chi connectivity index (χ4n) is 3.25. The fourth-order valence-corrected chi connectivity index (χ4v) is 3.25. The van der Waals surface area contributed by atoms with E-state index in [1.807, 2.05) is 12.1 Å². The molecule has 0 aliphatic carbocycles. The molecular formula is C25H25F2N3O5. The third-order valence-corrected chi connectivity index (χ3v) is 5.01. The Bertz CT molecular complexity index is 1270. The number of carboxylic acids is 1. The molecule has 1 heterocycles. The largest absolute Gasteiger partial charge is 0.478 e. The number of amides is 1. The van der Waals surface area contributed by atoms with E-state index in [0.717, 1.165) is 5.56 Å². The number of nitrogens with zero attached hydrogens (tertiary/aromatic N) is 1. The van der Waals surface area contributed by atoms with Crippen LogP contribution in [0.25, 0.3) is 11.1 Å². The first kappa shape index (κ1) is 25.6. The molecule has 3 rings (SSSR count). The summed E-state index contributed by atoms with van der Waals surface area (Å²) in [5, 5.41) is 9.45. The van der Waals surface area contributed by atoms with Crippen LogP contribution < -0.4 is 20.9 Å². The number of carboxylic acid groups (broad SMARTS) is 1. The van der Waals surface area contributed by atoms with Crippen molar-refractivity contribution in [2.24, 2.45) is 16.9 Å². The lowest BCUT2D eigenvalue weighted by Crippen LogP contribution is -2.39. The Balaban J connectivity index is 2.03. The molecule has 5 N–H and O–H groups in total. The topological polar surface area (TPSA) is 138 Å². The lowest BCUT2D eigenvalue weighted by Gasteiger charge is -2.27. The number of ether oxygens (including phenoxy) is 2. The zero-order valence-electron chi connectivity index (χ0n) is 19.3. The average molecular weight is 485 g/mol. The van der Waals surface area contributed by atoms with Gasteiger partial charge in [0, 0.05) is 23.6 Å². The minimum atomic E-state index is -1.47. The maximum Gasteiger partial charge on any atom is 0.345 e. The summed E-state index contributed by atoms with van der Waals surface area (Å²) < 4.78 is 39.7. The molecule has 0 spiro atoms. The Morgan fingerprint density at radius 1 is 1.03 bits per heavy atom. The van der Waals surface area contributed by atoms with E-state index in [4.69, 9.17) is 20.9 Å². The molecule has 1 atom stereocenters. The first-order valence-electron chi connectivity index (χ1n) is 10.6. The lowest BCUT2D eigenvalue weighted by atomic mass is 9.89. The summed E-state index contributed by atoms with van der Waals surface area (Å²) in [4.78, 5) is 27.2. The quantitative estimate of drug-likeness (QED) is 0.433. The molecule has 0 saturated carbocycles. The van der Waals surface area contributed by atoms with Crippen LogP contribution in [0.15, 0.2) is 48.5 Å². The summed E-state index contributed by atoms with van der Waals surface area (Å²) in [7, 11) is 0. The molecule has 0 radical (unpaired) electrons. The van der Waals surface area contributed by atoms with E-state index in [1.54, 1.807) is 32.9 Å². The molecule has 184 valence electrons. The van der Waals surface area contributed by atoms with E-state index in [9.17, 15) is 23.5 Å². The van der Waals surface area contributed by atoms with E-state index in [-0.39, 0.29) is 11.3 Å². The summed E-state index contributed by atoms with van der Waals surface area (Å²) in [5.41, 5.74) is 12.4. The van der Waals surface area contributed by atoms with Crippen LogP contribution in [0.5, 0.6) is 17.5 Å². The molecule has 0 fully saturated rings. The Morgan fingerprint density at radius 3 is 2.31 bits per heavy atom. The van der Waals surface area contributed by atoms with Gasteiger partial charge in [-0.25, -0.2) is 13.6 Å². The predicted molar refractivity (Wildman–Crippen MR) is 124 cm³/mol. The zero-order valence-corrected chi connectivity index (χ0v) is 19.3. The van der Waals surface area contributed by atoms with Crippen LogP contribution in [0, 0.1) is 17.0 Å². The number of benzene rings is 2. The van der Waals surface area contributed by atoms with Crippen LogP contribution in [-0.2, 0) is 11.3 Å². The minimum Gasteiger partial charge on any atom is -0.478 e. The summed E-state index contributed by atoms with van der Waals surface area (Å²) in [5.74, 6) is -5.89. The Morgan fingerprint density at radius 2 is 1.71 bits per heavy atom. The maximum atomic E-state index is 14.5. The first-order valence-corrected chi connectivity index (χ1v) is 10.6. The minimum absolute atomic E-state index is 0.0102. The van der Waals surface area contributed by atoms with Crippen molar-refractivity contribution >= 4 is 11.9 Å². The standard InChI is InChI=1S/C25H25F2N3O5/c1-25(2,3)20(24(32)33)35-23-19(27)11-18(26)22(30-23)34-17-9-15(8-16(10-17)21(29)31)14-6-4-5-13(7-14)12-28/h4-11,20H,12,28H2,1-3H3,(H2,29,31)(H,32,33). The number of nitrogens with two attached hydrogens (primary N) is 2. The third-order valence-electron chi connectivity index (χ3n) is 5.01. The number of aromatic nitrogens is 1. The number of primary amides is 1. The SMILES string of the molecule is CC(C)(C)C(Oc1nc(Oc2cc(C(N)=O)cc(-c3cccc(CN)c3)c2)c(F)cc1F)C(=O)O. The number of carbonyl (C=O) groups excluding carboxylic acids is 1. The van der Waals surface area contributed by atoms with Crippen LogP contribution in [-0.4, -0.2) is 28.1 Å². The smallest absolute Gasteiger partial charge is 0.345 e. The van der Waals surface area contributed by atoms with Crippen molar-refractivity contribution in [1.82, 2.24) is 4.98 Å². The van der Waals surface area contributed by atoms with Crippen LogP contribution in [0.2, 0.25) is 0 Å². The highest BCUT2D eigenvalue weighted by molar-refractivity contribution is 5.94. The van der Waals surface area contributed by atoms with Gasteiger partial charge in [0.15, 0.2) is 11.6 Å². The Kier molecular flexibility index (Phi) is 7.35. The van der Waals surface area contributed by atoms with Gasteiger partial charge in [-0.2, -0.15) is 4.98 Å². The molecule has 1 amide bonds. The monoisotopic (exact) mass is 485 g/mol. The van der Waals surface area contributed by atoms with E-state index in [2.05, 4.69) is 4.98 Å². The van der Waals surface area contributed by atoms with Crippen LogP contribution >= 0.6 is 0 Å². The first-order chi connectivity index (χ1) is 16.4. The van der Waals surface area contributed by atoms with Crippen LogP contribution in [0.3, 0.4) is 0 Å². The van der Waals surface area contributed by atoms with E-state index in [1.165, 1.54) is 18.2 Å². The number of aliphatic carboxylic acids is 1. The van der Waals surface area contributed by atoms with E-state index < -0.39 is 46.8 Å². The lowest BCUT2D eigenvalue weighted by molar-refractivity contribution is -0.150. The van der Waals surface area contributed by atoms with Gasteiger partial charge in [-0.3, -0.25) is 4.79 Å². The van der Waals surface area contributed by atoms with Gasteiger partial charge >= 0.3 is 5.97 Å². The van der Waals surface area contributed by atoms with Gasteiger partial charge < -0.3 is 26.0 Å². The van der Waals surface area contributed by atoms with Crippen LogP contribution in [0.1, 0.15) is 36.7 Å². The summed E-state index contributed by atoms with van der Waals surface area (Å²) in [6, 6.07) is 12.0. The molecule has 0 bridgehead atoms. The number of hydrogen-bond acceptors (Lipinski definition) is 6. The highest BCUT2D eigenvalue weighted by Gasteiger charge is 2.35. The zero-order chi connectivity index (χ0) is 25.9. The van der Waals surface area contributed by atoms with Crippen molar-refractivity contribution in [3.8, 4) is 28.6 Å². The maximum absolute atomic E-state index is 14.5. The Hall–Kier alpha value is -4.05. The van der Waals surface area contributed by atoms with Gasteiger partial charge in [-0.1, -0.05) is 39.0 Å². The molecule has 0 aliphatic heterocycles. The molecule has 1 unspecified atom stereocenters. The van der Waals surface area contributed by atoms with Gasteiger partial charge in [0.1, 0.15) is 5.75 Å². The molecule has 2 aromatic carbocycles. The van der Waals surface area contributed by atoms with Crippen molar-refractivity contribution in [1.29, 1.82) is 0 Å². The van der Waals surface area contributed by atoms with Crippen molar-refractivity contribution in [3.63, 3.8) is 0 Å². The van der Waals surface area contributed by atoms with Crippen LogP contribution in [0.4, 0.5) is 8.78 Å². The van der Waals surface area contributed by atoms with Crippen molar-refractivity contribution in [2.75, 3.05) is 0 Å². The highest BCUT2D eigenvalue weighted by atomic mass is 19.1. The predicted octanol–water partition coefficient (Wildman–Crippen LogP) is 4.25.